The molecule has 0 radical (unpaired) electrons. The number of carbonyl (C=O) groups excluding carboxylic acids is 2. The van der Waals surface area contributed by atoms with Crippen LogP contribution in [0.2, 0.25) is 0 Å². The van der Waals surface area contributed by atoms with Crippen LogP contribution in [0, 0.1) is 17.2 Å². The monoisotopic (exact) mass is 364 g/mol. The second-order valence-electron chi connectivity index (χ2n) is 6.85. The molecule has 2 aromatic rings. The summed E-state index contributed by atoms with van der Waals surface area (Å²) >= 11 is 0. The van der Waals surface area contributed by atoms with Crippen LogP contribution in [0.15, 0.2) is 36.5 Å². The fourth-order valence-electron chi connectivity index (χ4n) is 3.56. The van der Waals surface area contributed by atoms with E-state index in [1.165, 1.54) is 12.5 Å². The first-order chi connectivity index (χ1) is 13.2. The van der Waals surface area contributed by atoms with Crippen LogP contribution >= 0.6 is 0 Å². The lowest BCUT2D eigenvalue weighted by Crippen LogP contribution is -2.44. The molecule has 27 heavy (non-hydrogen) atoms. The van der Waals surface area contributed by atoms with E-state index in [1.807, 2.05) is 35.0 Å². The van der Waals surface area contributed by atoms with Crippen molar-refractivity contribution in [2.24, 2.45) is 5.92 Å². The van der Waals surface area contributed by atoms with Gasteiger partial charge in [-0.2, -0.15) is 5.26 Å². The SMILES string of the molecule is N#CCCn1cc(/C=C/C(=O)NNC(=O)C2CCCCC2)c2ccccc21. The van der Waals surface area contributed by atoms with Gasteiger partial charge in [0.1, 0.15) is 0 Å². The molecule has 0 saturated heterocycles. The molecule has 2 amide bonds. The van der Waals surface area contributed by atoms with Crippen LogP contribution in [0.25, 0.3) is 17.0 Å². The zero-order chi connectivity index (χ0) is 19.1. The number of nitrogens with one attached hydrogen (secondary N) is 2. The molecular formula is C21H24N4O2. The third kappa shape index (κ3) is 4.76. The minimum absolute atomic E-state index is 0.00106. The maximum Gasteiger partial charge on any atom is 0.262 e. The molecule has 0 unspecified atom stereocenters. The number of aryl methyl sites for hydroxylation is 1. The van der Waals surface area contributed by atoms with Gasteiger partial charge < -0.3 is 4.57 Å². The van der Waals surface area contributed by atoms with Gasteiger partial charge in [-0.3, -0.25) is 20.4 Å². The molecule has 1 saturated carbocycles. The Hall–Kier alpha value is -3.07. The Labute approximate surface area is 158 Å². The zero-order valence-corrected chi connectivity index (χ0v) is 15.3. The van der Waals surface area contributed by atoms with E-state index in [-0.39, 0.29) is 17.7 Å². The normalized spacial score (nSPS) is 14.9. The van der Waals surface area contributed by atoms with E-state index in [4.69, 9.17) is 5.26 Å². The van der Waals surface area contributed by atoms with Crippen molar-refractivity contribution in [2.45, 2.75) is 45.1 Å². The molecule has 1 fully saturated rings. The summed E-state index contributed by atoms with van der Waals surface area (Å²) in [5, 5.41) is 9.84. The number of nitriles is 1. The fraction of sp³-hybridized carbons (Fsp3) is 0.381. The second-order valence-corrected chi connectivity index (χ2v) is 6.85. The Morgan fingerprint density at radius 1 is 1.19 bits per heavy atom. The van der Waals surface area contributed by atoms with Gasteiger partial charge in [-0.1, -0.05) is 37.5 Å². The summed E-state index contributed by atoms with van der Waals surface area (Å²) in [5.74, 6) is -0.473. The maximum absolute atomic E-state index is 12.1. The van der Waals surface area contributed by atoms with Crippen molar-refractivity contribution in [3.05, 3.63) is 42.1 Å². The van der Waals surface area contributed by atoms with E-state index in [9.17, 15) is 9.59 Å². The molecule has 1 aliphatic carbocycles. The van der Waals surface area contributed by atoms with E-state index in [0.29, 0.717) is 13.0 Å². The lowest BCUT2D eigenvalue weighted by molar-refractivity contribution is -0.130. The summed E-state index contributed by atoms with van der Waals surface area (Å²) in [6.45, 7) is 0.606. The molecule has 6 heteroatoms. The smallest absolute Gasteiger partial charge is 0.262 e. The first-order valence-electron chi connectivity index (χ1n) is 9.42. The first-order valence-corrected chi connectivity index (χ1v) is 9.42. The topological polar surface area (TPSA) is 86.9 Å². The van der Waals surface area contributed by atoms with Gasteiger partial charge in [-0.05, 0) is 25.0 Å². The number of benzene rings is 1. The molecular weight excluding hydrogens is 340 g/mol. The van der Waals surface area contributed by atoms with Gasteiger partial charge in [0.15, 0.2) is 0 Å². The quantitative estimate of drug-likeness (QED) is 0.630. The van der Waals surface area contributed by atoms with Gasteiger partial charge in [-0.25, -0.2) is 0 Å². The first kappa shape index (κ1) is 18.7. The zero-order valence-electron chi connectivity index (χ0n) is 15.3. The number of nitrogens with zero attached hydrogens (tertiary/aromatic N) is 2. The van der Waals surface area contributed by atoms with Crippen LogP contribution < -0.4 is 10.9 Å². The van der Waals surface area contributed by atoms with Gasteiger partial charge in [0.25, 0.3) is 5.91 Å². The van der Waals surface area contributed by atoms with Crippen molar-refractivity contribution in [1.29, 1.82) is 5.26 Å². The highest BCUT2D eigenvalue weighted by atomic mass is 16.2. The van der Waals surface area contributed by atoms with Gasteiger partial charge >= 0.3 is 0 Å². The van der Waals surface area contributed by atoms with E-state index < -0.39 is 0 Å². The Balaban J connectivity index is 1.62. The molecule has 0 aliphatic heterocycles. The number of para-hydroxylation sites is 1. The molecule has 1 aromatic carbocycles. The van der Waals surface area contributed by atoms with Crippen LogP contribution in [-0.2, 0) is 16.1 Å². The molecule has 1 heterocycles. The maximum atomic E-state index is 12.1. The largest absolute Gasteiger partial charge is 0.346 e. The number of amides is 2. The number of hydrogen-bond donors (Lipinski definition) is 2. The van der Waals surface area contributed by atoms with E-state index in [1.54, 1.807) is 6.08 Å². The Bertz CT molecular complexity index is 885. The standard InChI is InChI=1S/C21H24N4O2/c22-13-6-14-25-15-17(18-9-4-5-10-19(18)25)11-12-20(26)23-24-21(27)16-7-2-1-3-8-16/h4-5,9-12,15-16H,1-3,6-8,14H2,(H,23,26)(H,24,27)/b12-11+. The highest BCUT2D eigenvalue weighted by molar-refractivity contribution is 5.97. The minimum atomic E-state index is -0.368. The molecule has 1 aliphatic rings. The van der Waals surface area contributed by atoms with Gasteiger partial charge in [0.05, 0.1) is 12.5 Å². The van der Waals surface area contributed by atoms with E-state index in [2.05, 4.69) is 16.9 Å². The Kier molecular flexibility index (Phi) is 6.26. The van der Waals surface area contributed by atoms with Gasteiger partial charge in [-0.15, -0.1) is 0 Å². The summed E-state index contributed by atoms with van der Waals surface area (Å²) < 4.78 is 2.01. The number of hydrazine groups is 1. The molecule has 0 spiro atoms. The average Bonchev–Trinajstić information content (AvgIpc) is 3.07. The van der Waals surface area contributed by atoms with Crippen molar-refractivity contribution in [3.8, 4) is 6.07 Å². The predicted molar refractivity (Wildman–Crippen MR) is 104 cm³/mol. The number of aromatic nitrogens is 1. The number of hydrogen-bond acceptors (Lipinski definition) is 3. The summed E-state index contributed by atoms with van der Waals surface area (Å²) in [7, 11) is 0. The molecule has 0 bridgehead atoms. The van der Waals surface area contributed by atoms with Crippen LogP contribution in [-0.4, -0.2) is 16.4 Å². The average molecular weight is 364 g/mol. The molecule has 6 nitrogen and oxygen atoms in total. The van der Waals surface area contributed by atoms with Crippen LogP contribution in [0.5, 0.6) is 0 Å². The molecule has 140 valence electrons. The molecule has 3 rings (SSSR count). The van der Waals surface area contributed by atoms with Crippen molar-refractivity contribution in [1.82, 2.24) is 15.4 Å². The minimum Gasteiger partial charge on any atom is -0.346 e. The van der Waals surface area contributed by atoms with Crippen molar-refractivity contribution < 1.29 is 9.59 Å². The van der Waals surface area contributed by atoms with Crippen LogP contribution in [0.4, 0.5) is 0 Å². The third-order valence-corrected chi connectivity index (χ3v) is 4.98. The summed E-state index contributed by atoms with van der Waals surface area (Å²) in [5.41, 5.74) is 6.92. The molecule has 0 atom stereocenters. The van der Waals surface area contributed by atoms with Crippen molar-refractivity contribution >= 4 is 28.8 Å². The molecule has 2 N–H and O–H groups in total. The van der Waals surface area contributed by atoms with E-state index in [0.717, 1.165) is 42.1 Å². The van der Waals surface area contributed by atoms with E-state index >= 15 is 0 Å². The Morgan fingerprint density at radius 3 is 2.74 bits per heavy atom. The van der Waals surface area contributed by atoms with Crippen molar-refractivity contribution in [3.63, 3.8) is 0 Å². The summed E-state index contributed by atoms with van der Waals surface area (Å²) in [6.07, 6.45) is 10.6. The highest BCUT2D eigenvalue weighted by Gasteiger charge is 2.20. The molecule has 1 aromatic heterocycles. The summed E-state index contributed by atoms with van der Waals surface area (Å²) in [4.78, 5) is 24.1. The highest BCUT2D eigenvalue weighted by Crippen LogP contribution is 2.24. The number of carbonyl (C=O) groups is 2. The number of rotatable bonds is 5. The second kappa shape index (κ2) is 9.04. The fourth-order valence-corrected chi connectivity index (χ4v) is 3.56. The van der Waals surface area contributed by atoms with Gasteiger partial charge in [0.2, 0.25) is 5.91 Å². The van der Waals surface area contributed by atoms with Crippen LogP contribution in [0.3, 0.4) is 0 Å². The van der Waals surface area contributed by atoms with Crippen molar-refractivity contribution in [2.75, 3.05) is 0 Å². The van der Waals surface area contributed by atoms with Crippen LogP contribution in [0.1, 0.15) is 44.1 Å². The van der Waals surface area contributed by atoms with Gasteiger partial charge in [0, 0.05) is 41.2 Å². The third-order valence-electron chi connectivity index (χ3n) is 4.98. The summed E-state index contributed by atoms with van der Waals surface area (Å²) in [6, 6.07) is 10.0. The number of fused-ring (bicyclic) bond motifs is 1. The lowest BCUT2D eigenvalue weighted by Gasteiger charge is -2.20. The predicted octanol–water partition coefficient (Wildman–Crippen LogP) is 3.30. The Morgan fingerprint density at radius 2 is 1.96 bits per heavy atom. The lowest BCUT2D eigenvalue weighted by atomic mass is 9.89.